The summed E-state index contributed by atoms with van der Waals surface area (Å²) in [4.78, 5) is 4.01. The molecule has 1 aromatic heterocycles. The Morgan fingerprint density at radius 2 is 1.90 bits per heavy atom. The number of hydrogen-bond donors (Lipinski definition) is 1. The SMILES string of the molecule is CNC(CCc1ccncc1)c1c(C)cc(C)cc1F. The van der Waals surface area contributed by atoms with Gasteiger partial charge in [0.05, 0.1) is 0 Å². The zero-order chi connectivity index (χ0) is 14.5. The van der Waals surface area contributed by atoms with E-state index in [0.29, 0.717) is 0 Å². The Balaban J connectivity index is 2.17. The first-order valence-electron chi connectivity index (χ1n) is 6.94. The Morgan fingerprint density at radius 1 is 1.20 bits per heavy atom. The van der Waals surface area contributed by atoms with Gasteiger partial charge < -0.3 is 5.32 Å². The Morgan fingerprint density at radius 3 is 2.50 bits per heavy atom. The second-order valence-electron chi connectivity index (χ2n) is 5.21. The highest BCUT2D eigenvalue weighted by Crippen LogP contribution is 2.26. The maximum atomic E-state index is 14.2. The molecule has 106 valence electrons. The summed E-state index contributed by atoms with van der Waals surface area (Å²) < 4.78 is 14.2. The van der Waals surface area contributed by atoms with Crippen LogP contribution < -0.4 is 5.32 Å². The lowest BCUT2D eigenvalue weighted by Crippen LogP contribution is -2.20. The van der Waals surface area contributed by atoms with Gasteiger partial charge in [0.1, 0.15) is 5.82 Å². The van der Waals surface area contributed by atoms with E-state index in [1.165, 1.54) is 5.56 Å². The smallest absolute Gasteiger partial charge is 0.128 e. The molecule has 1 unspecified atom stereocenters. The highest BCUT2D eigenvalue weighted by Gasteiger charge is 2.17. The van der Waals surface area contributed by atoms with E-state index in [1.807, 2.05) is 39.1 Å². The van der Waals surface area contributed by atoms with Gasteiger partial charge in [-0.1, -0.05) is 6.07 Å². The molecule has 0 aliphatic carbocycles. The molecule has 2 aromatic rings. The zero-order valence-corrected chi connectivity index (χ0v) is 12.3. The predicted molar refractivity (Wildman–Crippen MR) is 80.2 cm³/mol. The summed E-state index contributed by atoms with van der Waals surface area (Å²) in [5, 5.41) is 3.23. The summed E-state index contributed by atoms with van der Waals surface area (Å²) in [6.07, 6.45) is 5.35. The minimum Gasteiger partial charge on any atom is -0.313 e. The largest absolute Gasteiger partial charge is 0.313 e. The van der Waals surface area contributed by atoms with Gasteiger partial charge in [-0.05, 0) is 68.6 Å². The van der Waals surface area contributed by atoms with E-state index < -0.39 is 0 Å². The lowest BCUT2D eigenvalue weighted by molar-refractivity contribution is 0.505. The molecule has 1 N–H and O–H groups in total. The van der Waals surface area contributed by atoms with E-state index in [4.69, 9.17) is 0 Å². The van der Waals surface area contributed by atoms with Crippen molar-refractivity contribution in [2.45, 2.75) is 32.7 Å². The van der Waals surface area contributed by atoms with Crippen LogP contribution in [0.15, 0.2) is 36.7 Å². The van der Waals surface area contributed by atoms with Crippen LogP contribution in [0.25, 0.3) is 0 Å². The van der Waals surface area contributed by atoms with Crippen LogP contribution in [-0.2, 0) is 6.42 Å². The fraction of sp³-hybridized carbons (Fsp3) is 0.353. The molecular weight excluding hydrogens is 251 g/mol. The molecule has 2 nitrogen and oxygen atoms in total. The van der Waals surface area contributed by atoms with E-state index in [0.717, 1.165) is 29.5 Å². The summed E-state index contributed by atoms with van der Waals surface area (Å²) in [5.41, 5.74) is 3.99. The molecule has 0 aliphatic heterocycles. The van der Waals surface area contributed by atoms with E-state index in [-0.39, 0.29) is 11.9 Å². The third kappa shape index (κ3) is 3.42. The minimum atomic E-state index is -0.114. The topological polar surface area (TPSA) is 24.9 Å². The van der Waals surface area contributed by atoms with Crippen LogP contribution in [0.2, 0.25) is 0 Å². The van der Waals surface area contributed by atoms with Gasteiger partial charge in [0.25, 0.3) is 0 Å². The van der Waals surface area contributed by atoms with E-state index in [9.17, 15) is 4.39 Å². The van der Waals surface area contributed by atoms with Gasteiger partial charge in [0.15, 0.2) is 0 Å². The van der Waals surface area contributed by atoms with Gasteiger partial charge in [-0.15, -0.1) is 0 Å². The van der Waals surface area contributed by atoms with Gasteiger partial charge in [-0.25, -0.2) is 4.39 Å². The van der Waals surface area contributed by atoms with Crippen LogP contribution >= 0.6 is 0 Å². The van der Waals surface area contributed by atoms with Crippen molar-refractivity contribution in [1.29, 1.82) is 0 Å². The Hall–Kier alpha value is -1.74. The molecule has 0 bridgehead atoms. The lowest BCUT2D eigenvalue weighted by atomic mass is 9.94. The third-order valence-electron chi connectivity index (χ3n) is 3.65. The number of nitrogens with zero attached hydrogens (tertiary/aromatic N) is 1. The number of nitrogens with one attached hydrogen (secondary N) is 1. The van der Waals surface area contributed by atoms with E-state index in [1.54, 1.807) is 18.5 Å². The third-order valence-corrected chi connectivity index (χ3v) is 3.65. The van der Waals surface area contributed by atoms with Crippen LogP contribution in [0, 0.1) is 19.7 Å². The highest BCUT2D eigenvalue weighted by molar-refractivity contribution is 5.34. The average Bonchev–Trinajstić information content (AvgIpc) is 2.42. The van der Waals surface area contributed by atoms with Gasteiger partial charge >= 0.3 is 0 Å². The van der Waals surface area contributed by atoms with E-state index >= 15 is 0 Å². The molecule has 0 spiro atoms. The maximum Gasteiger partial charge on any atom is 0.128 e. The van der Waals surface area contributed by atoms with E-state index in [2.05, 4.69) is 10.3 Å². The van der Waals surface area contributed by atoms with Crippen molar-refractivity contribution < 1.29 is 4.39 Å². The second kappa shape index (κ2) is 6.62. The molecule has 0 saturated carbocycles. The molecule has 1 aromatic carbocycles. The second-order valence-corrected chi connectivity index (χ2v) is 5.21. The Labute approximate surface area is 120 Å². The average molecular weight is 272 g/mol. The van der Waals surface area contributed by atoms with Crippen molar-refractivity contribution in [2.75, 3.05) is 7.05 Å². The molecule has 1 atom stereocenters. The Bertz CT molecular complexity index is 543. The molecule has 20 heavy (non-hydrogen) atoms. The zero-order valence-electron chi connectivity index (χ0n) is 12.3. The molecule has 0 radical (unpaired) electrons. The van der Waals surface area contributed by atoms with Crippen molar-refractivity contribution in [1.82, 2.24) is 10.3 Å². The van der Waals surface area contributed by atoms with Gasteiger partial charge in [-0.2, -0.15) is 0 Å². The summed E-state index contributed by atoms with van der Waals surface area (Å²) in [5.74, 6) is -0.114. The van der Waals surface area contributed by atoms with Crippen molar-refractivity contribution in [3.05, 3.63) is 64.7 Å². The van der Waals surface area contributed by atoms with Gasteiger partial charge in [0, 0.05) is 24.0 Å². The van der Waals surface area contributed by atoms with Crippen LogP contribution in [0.5, 0.6) is 0 Å². The minimum absolute atomic E-state index is 0.0313. The number of aromatic nitrogens is 1. The molecule has 1 heterocycles. The van der Waals surface area contributed by atoms with Crippen molar-refractivity contribution in [2.24, 2.45) is 0 Å². The van der Waals surface area contributed by atoms with Crippen molar-refractivity contribution in [3.63, 3.8) is 0 Å². The summed E-state index contributed by atoms with van der Waals surface area (Å²) in [7, 11) is 1.88. The number of pyridine rings is 1. The number of rotatable bonds is 5. The number of halogens is 1. The molecule has 0 fully saturated rings. The van der Waals surface area contributed by atoms with Crippen LogP contribution in [0.4, 0.5) is 4.39 Å². The monoisotopic (exact) mass is 272 g/mol. The number of benzene rings is 1. The van der Waals surface area contributed by atoms with Crippen LogP contribution in [0.3, 0.4) is 0 Å². The van der Waals surface area contributed by atoms with Crippen molar-refractivity contribution in [3.8, 4) is 0 Å². The molecular formula is C17H21FN2. The van der Waals surface area contributed by atoms with Crippen molar-refractivity contribution >= 4 is 0 Å². The number of aryl methyl sites for hydroxylation is 3. The Kier molecular flexibility index (Phi) is 4.85. The first kappa shape index (κ1) is 14.7. The molecule has 0 aliphatic rings. The predicted octanol–water partition coefficient (Wildman–Crippen LogP) is 3.73. The standard InChI is InChI=1S/C17H21FN2/c1-12-10-13(2)17(15(18)11-12)16(19-3)5-4-14-6-8-20-9-7-14/h6-11,16,19H,4-5H2,1-3H3. The molecule has 0 amide bonds. The first-order chi connectivity index (χ1) is 9.61. The lowest BCUT2D eigenvalue weighted by Gasteiger charge is -2.20. The molecule has 3 heteroatoms. The normalized spacial score (nSPS) is 12.4. The van der Waals surface area contributed by atoms with Gasteiger partial charge in [0.2, 0.25) is 0 Å². The van der Waals surface area contributed by atoms with Gasteiger partial charge in [-0.3, -0.25) is 4.98 Å². The summed E-state index contributed by atoms with van der Waals surface area (Å²) in [6.45, 7) is 3.90. The summed E-state index contributed by atoms with van der Waals surface area (Å²) >= 11 is 0. The van der Waals surface area contributed by atoms with Crippen LogP contribution in [0.1, 0.15) is 34.7 Å². The quantitative estimate of drug-likeness (QED) is 0.897. The number of hydrogen-bond acceptors (Lipinski definition) is 2. The highest BCUT2D eigenvalue weighted by atomic mass is 19.1. The maximum absolute atomic E-state index is 14.2. The fourth-order valence-corrected chi connectivity index (χ4v) is 2.66. The molecule has 0 saturated heterocycles. The first-order valence-corrected chi connectivity index (χ1v) is 6.94. The molecule has 2 rings (SSSR count). The fourth-order valence-electron chi connectivity index (χ4n) is 2.66. The van der Waals surface area contributed by atoms with Crippen LogP contribution in [-0.4, -0.2) is 12.0 Å². The summed E-state index contributed by atoms with van der Waals surface area (Å²) in [6, 6.07) is 7.69.